The second-order valence-electron chi connectivity index (χ2n) is 1.70. The zero-order valence-electron chi connectivity index (χ0n) is 4.30. The maximum Gasteiger partial charge on any atom is 0.0966 e. The number of hydrogen-bond donors (Lipinski definition) is 1. The highest BCUT2D eigenvalue weighted by Gasteiger charge is 2.07. The van der Waals surface area contributed by atoms with E-state index >= 15 is 0 Å². The summed E-state index contributed by atoms with van der Waals surface area (Å²) in [4.78, 5) is 0. The van der Waals surface area contributed by atoms with Crippen molar-refractivity contribution in [2.75, 3.05) is 13.2 Å². The highest BCUT2D eigenvalue weighted by molar-refractivity contribution is 9.11. The first-order valence-electron chi connectivity index (χ1n) is 2.41. The van der Waals surface area contributed by atoms with Crippen molar-refractivity contribution in [1.29, 1.82) is 0 Å². The lowest BCUT2D eigenvalue weighted by molar-refractivity contribution is 0.0615. The minimum absolute atomic E-state index is 0.418. The van der Waals surface area contributed by atoms with Crippen LogP contribution in [0.2, 0.25) is 0 Å². The van der Waals surface area contributed by atoms with Crippen LogP contribution in [-0.2, 0) is 4.74 Å². The summed E-state index contributed by atoms with van der Waals surface area (Å²) in [5.74, 6) is 0. The summed E-state index contributed by atoms with van der Waals surface area (Å²) < 4.78 is 5.86. The Morgan fingerprint density at radius 1 is 1.88 bits per heavy atom. The summed E-state index contributed by atoms with van der Waals surface area (Å²) >= 11 is 3.20. The molecule has 1 N–H and O–H groups in total. The number of ether oxygens (including phenoxy) is 1. The molecule has 0 aromatic carbocycles. The maximum atomic E-state index is 8.85. The molecule has 1 heterocycles. The van der Waals surface area contributed by atoms with Crippen molar-refractivity contribution in [3.05, 3.63) is 10.6 Å². The van der Waals surface area contributed by atoms with E-state index in [4.69, 9.17) is 9.84 Å². The summed E-state index contributed by atoms with van der Waals surface area (Å²) in [7, 11) is 0. The van der Waals surface area contributed by atoms with Crippen molar-refractivity contribution in [3.63, 3.8) is 0 Å². The summed E-state index contributed by atoms with van der Waals surface area (Å²) in [6.45, 7) is 1.02. The molecule has 1 unspecified atom stereocenters. The molecule has 0 aromatic rings. The Balaban J connectivity index is 2.50. The Kier molecular flexibility index (Phi) is 2.05. The van der Waals surface area contributed by atoms with Crippen LogP contribution >= 0.6 is 15.9 Å². The van der Waals surface area contributed by atoms with Crippen molar-refractivity contribution in [2.24, 2.45) is 0 Å². The second kappa shape index (κ2) is 2.62. The summed E-state index contributed by atoms with van der Waals surface area (Å²) in [6.07, 6.45) is 1.32. The molecule has 0 spiro atoms. The predicted molar refractivity (Wildman–Crippen MR) is 33.8 cm³/mol. The molecule has 0 aliphatic carbocycles. The third kappa shape index (κ3) is 1.58. The van der Waals surface area contributed by atoms with E-state index in [1.165, 1.54) is 0 Å². The lowest BCUT2D eigenvalue weighted by atomic mass is 10.3. The van der Waals surface area contributed by atoms with Gasteiger partial charge in [-0.3, -0.25) is 0 Å². The van der Waals surface area contributed by atoms with Gasteiger partial charge in [0.15, 0.2) is 0 Å². The molecule has 0 saturated heterocycles. The lowest BCUT2D eigenvalue weighted by Crippen LogP contribution is -2.18. The topological polar surface area (TPSA) is 29.5 Å². The fourth-order valence-electron chi connectivity index (χ4n) is 0.582. The fourth-order valence-corrected chi connectivity index (χ4v) is 1.05. The molecule has 1 rings (SSSR count). The number of aliphatic hydroxyl groups excluding tert-OH is 1. The highest BCUT2D eigenvalue weighted by Crippen LogP contribution is 2.11. The molecular formula is C5H7BrO2. The molecule has 0 amide bonds. The molecule has 1 atom stereocenters. The summed E-state index contributed by atoms with van der Waals surface area (Å²) in [5.41, 5.74) is 0. The molecule has 0 radical (unpaired) electrons. The van der Waals surface area contributed by atoms with E-state index < -0.39 is 6.10 Å². The normalized spacial score (nSPS) is 29.8. The van der Waals surface area contributed by atoms with Crippen LogP contribution in [0.5, 0.6) is 0 Å². The van der Waals surface area contributed by atoms with Crippen LogP contribution in [0, 0.1) is 0 Å². The van der Waals surface area contributed by atoms with E-state index in [9.17, 15) is 0 Å². The molecule has 1 aliphatic heterocycles. The van der Waals surface area contributed by atoms with E-state index in [1.54, 1.807) is 6.08 Å². The van der Waals surface area contributed by atoms with Gasteiger partial charge in [0.1, 0.15) is 0 Å². The fraction of sp³-hybridized carbons (Fsp3) is 0.600. The lowest BCUT2D eigenvalue weighted by Gasteiger charge is -2.12. The Morgan fingerprint density at radius 3 is 3.00 bits per heavy atom. The molecule has 0 bridgehead atoms. The van der Waals surface area contributed by atoms with E-state index in [1.807, 2.05) is 0 Å². The van der Waals surface area contributed by atoms with Crippen LogP contribution in [-0.4, -0.2) is 24.4 Å². The highest BCUT2D eigenvalue weighted by atomic mass is 79.9. The van der Waals surface area contributed by atoms with E-state index in [0.717, 1.165) is 4.48 Å². The monoisotopic (exact) mass is 178 g/mol. The summed E-state index contributed by atoms with van der Waals surface area (Å²) in [6, 6.07) is 0. The second-order valence-corrected chi connectivity index (χ2v) is 2.71. The molecule has 3 heteroatoms. The number of halogens is 1. The number of aliphatic hydroxyl groups is 1. The average Bonchev–Trinajstić information content (AvgIpc) is 1.64. The zero-order chi connectivity index (χ0) is 5.98. The van der Waals surface area contributed by atoms with Gasteiger partial charge in [-0.15, -0.1) is 0 Å². The van der Waals surface area contributed by atoms with Crippen LogP contribution in [0.1, 0.15) is 0 Å². The zero-order valence-corrected chi connectivity index (χ0v) is 5.89. The minimum Gasteiger partial charge on any atom is -0.387 e. The third-order valence-corrected chi connectivity index (χ3v) is 1.40. The molecular weight excluding hydrogens is 172 g/mol. The van der Waals surface area contributed by atoms with E-state index in [-0.39, 0.29) is 0 Å². The Labute approximate surface area is 56.3 Å². The smallest absolute Gasteiger partial charge is 0.0966 e. The predicted octanol–water partition coefficient (Wildman–Crippen LogP) is 0.656. The number of rotatable bonds is 0. The molecule has 2 nitrogen and oxygen atoms in total. The maximum absolute atomic E-state index is 8.85. The standard InChI is InChI=1S/C5H7BrO2/c6-4-1-5(7)3-8-2-4/h1,5,7H,2-3H2. The first-order valence-corrected chi connectivity index (χ1v) is 3.20. The van der Waals surface area contributed by atoms with Crippen LogP contribution in [0.25, 0.3) is 0 Å². The van der Waals surface area contributed by atoms with Crippen molar-refractivity contribution in [3.8, 4) is 0 Å². The van der Waals surface area contributed by atoms with Gasteiger partial charge in [0.05, 0.1) is 19.3 Å². The van der Waals surface area contributed by atoms with Crippen molar-refractivity contribution >= 4 is 15.9 Å². The molecule has 1 aliphatic rings. The van der Waals surface area contributed by atoms with E-state index in [2.05, 4.69) is 15.9 Å². The largest absolute Gasteiger partial charge is 0.387 e. The van der Waals surface area contributed by atoms with Gasteiger partial charge in [-0.2, -0.15) is 0 Å². The van der Waals surface area contributed by atoms with Gasteiger partial charge in [-0.25, -0.2) is 0 Å². The Bertz CT molecular complexity index is 111. The molecule has 0 aromatic heterocycles. The van der Waals surface area contributed by atoms with Gasteiger partial charge in [-0.1, -0.05) is 15.9 Å². The van der Waals surface area contributed by atoms with Gasteiger partial charge < -0.3 is 9.84 Å². The van der Waals surface area contributed by atoms with Gasteiger partial charge in [0.25, 0.3) is 0 Å². The van der Waals surface area contributed by atoms with Crippen molar-refractivity contribution in [1.82, 2.24) is 0 Å². The number of hydrogen-bond acceptors (Lipinski definition) is 2. The Hall–Kier alpha value is 0.140. The van der Waals surface area contributed by atoms with Crippen molar-refractivity contribution in [2.45, 2.75) is 6.10 Å². The van der Waals surface area contributed by atoms with Gasteiger partial charge in [-0.05, 0) is 6.08 Å². The quantitative estimate of drug-likeness (QED) is 0.591. The van der Waals surface area contributed by atoms with E-state index in [0.29, 0.717) is 13.2 Å². The first-order chi connectivity index (χ1) is 3.79. The van der Waals surface area contributed by atoms with Gasteiger partial charge >= 0.3 is 0 Å². The molecule has 46 valence electrons. The van der Waals surface area contributed by atoms with Crippen LogP contribution in [0.3, 0.4) is 0 Å². The molecule has 8 heavy (non-hydrogen) atoms. The first kappa shape index (κ1) is 6.26. The summed E-state index contributed by atoms with van der Waals surface area (Å²) in [5, 5.41) is 8.85. The SMILES string of the molecule is OC1C=C(Br)COC1. The Morgan fingerprint density at radius 2 is 2.62 bits per heavy atom. The molecule has 0 fully saturated rings. The van der Waals surface area contributed by atoms with Gasteiger partial charge in [0.2, 0.25) is 0 Å². The van der Waals surface area contributed by atoms with Gasteiger partial charge in [0, 0.05) is 4.48 Å². The van der Waals surface area contributed by atoms with Crippen LogP contribution in [0.15, 0.2) is 10.6 Å². The minimum atomic E-state index is -0.418. The third-order valence-electron chi connectivity index (χ3n) is 0.902. The average molecular weight is 179 g/mol. The van der Waals surface area contributed by atoms with Crippen LogP contribution in [0.4, 0.5) is 0 Å². The van der Waals surface area contributed by atoms with Crippen molar-refractivity contribution < 1.29 is 9.84 Å². The van der Waals surface area contributed by atoms with Crippen LogP contribution < -0.4 is 0 Å². The molecule has 0 saturated carbocycles.